The number of para-hydroxylation sites is 1. The van der Waals surface area contributed by atoms with E-state index in [-0.39, 0.29) is 0 Å². The van der Waals surface area contributed by atoms with Gasteiger partial charge in [-0.25, -0.2) is 0 Å². The summed E-state index contributed by atoms with van der Waals surface area (Å²) in [5, 5.41) is 10.3. The number of benzene rings is 1. The number of nitrogens with zero attached hydrogens (tertiary/aromatic N) is 3. The fraction of sp³-hybridized carbons (Fsp3) is 0.250. The van der Waals surface area contributed by atoms with Gasteiger partial charge in [0.1, 0.15) is 0 Å². The molecule has 0 fully saturated rings. The van der Waals surface area contributed by atoms with Gasteiger partial charge in [-0.2, -0.15) is 0 Å². The predicted octanol–water partition coefficient (Wildman–Crippen LogP) is 4.13. The van der Waals surface area contributed by atoms with Crippen LogP contribution < -0.4 is 4.90 Å². The lowest BCUT2D eigenvalue weighted by Crippen LogP contribution is -2.23. The molecule has 0 bridgehead atoms. The van der Waals surface area contributed by atoms with Gasteiger partial charge in [-0.05, 0) is 36.9 Å². The Labute approximate surface area is 128 Å². The van der Waals surface area contributed by atoms with Crippen LogP contribution in [0.25, 0.3) is 10.8 Å². The van der Waals surface area contributed by atoms with E-state index >= 15 is 0 Å². The van der Waals surface area contributed by atoms with Crippen LogP contribution in [0.2, 0.25) is 0 Å². The van der Waals surface area contributed by atoms with Crippen molar-refractivity contribution in [1.82, 2.24) is 10.2 Å². The Morgan fingerprint density at radius 1 is 1.14 bits per heavy atom. The van der Waals surface area contributed by atoms with Crippen molar-refractivity contribution in [3.63, 3.8) is 0 Å². The third-order valence-electron chi connectivity index (χ3n) is 3.36. The summed E-state index contributed by atoms with van der Waals surface area (Å²) in [4.78, 5) is 3.24. The van der Waals surface area contributed by atoms with Crippen molar-refractivity contribution in [2.45, 2.75) is 20.4 Å². The lowest BCUT2D eigenvalue weighted by molar-refractivity contribution is 0.500. The minimum atomic E-state index is 0.598. The molecule has 0 N–H and O–H groups in total. The molecule has 3 aromatic rings. The van der Waals surface area contributed by atoms with Gasteiger partial charge in [0, 0.05) is 12.2 Å². The molecule has 0 saturated heterocycles. The summed E-state index contributed by atoms with van der Waals surface area (Å²) < 4.78 is 5.77. The molecule has 0 aliphatic heterocycles. The van der Waals surface area contributed by atoms with E-state index in [4.69, 9.17) is 4.42 Å². The van der Waals surface area contributed by atoms with Crippen LogP contribution in [0.1, 0.15) is 18.4 Å². The molecule has 5 heteroatoms. The Kier molecular flexibility index (Phi) is 4.01. The number of rotatable bonds is 5. The van der Waals surface area contributed by atoms with Crippen molar-refractivity contribution in [2.75, 3.05) is 11.4 Å². The minimum absolute atomic E-state index is 0.598. The highest BCUT2D eigenvalue weighted by atomic mass is 32.1. The first-order valence-electron chi connectivity index (χ1n) is 6.94. The Morgan fingerprint density at radius 3 is 2.71 bits per heavy atom. The molecule has 21 heavy (non-hydrogen) atoms. The largest absolute Gasteiger partial charge is 0.418 e. The lowest BCUT2D eigenvalue weighted by atomic mass is 10.2. The lowest BCUT2D eigenvalue weighted by Gasteiger charge is -2.23. The average molecular weight is 299 g/mol. The molecular formula is C16H17N3OS. The molecule has 2 aromatic heterocycles. The highest BCUT2D eigenvalue weighted by Crippen LogP contribution is 2.25. The quantitative estimate of drug-likeness (QED) is 0.710. The first-order valence-corrected chi connectivity index (χ1v) is 7.82. The molecule has 0 atom stereocenters. The third kappa shape index (κ3) is 2.97. The number of hydrogen-bond acceptors (Lipinski definition) is 5. The molecule has 0 radical (unpaired) electrons. The zero-order valence-corrected chi connectivity index (χ0v) is 12.9. The van der Waals surface area contributed by atoms with E-state index in [1.165, 1.54) is 11.3 Å². The summed E-state index contributed by atoms with van der Waals surface area (Å²) >= 11 is 1.60. The van der Waals surface area contributed by atoms with Gasteiger partial charge in [0.2, 0.25) is 5.89 Å². The summed E-state index contributed by atoms with van der Waals surface area (Å²) in [6, 6.07) is 12.3. The highest BCUT2D eigenvalue weighted by Gasteiger charge is 2.14. The third-order valence-corrected chi connectivity index (χ3v) is 4.22. The maximum absolute atomic E-state index is 5.77. The second-order valence-electron chi connectivity index (χ2n) is 4.78. The topological polar surface area (TPSA) is 42.2 Å². The molecule has 2 heterocycles. The molecule has 1 aromatic carbocycles. The molecule has 0 amide bonds. The fourth-order valence-corrected chi connectivity index (χ4v) is 2.91. The van der Waals surface area contributed by atoms with Crippen LogP contribution in [0.4, 0.5) is 5.69 Å². The van der Waals surface area contributed by atoms with Crippen LogP contribution in [0, 0.1) is 6.92 Å². The molecule has 0 saturated carbocycles. The van der Waals surface area contributed by atoms with Crippen molar-refractivity contribution < 1.29 is 4.42 Å². The number of aryl methyl sites for hydroxylation is 1. The van der Waals surface area contributed by atoms with Crippen molar-refractivity contribution >= 4 is 17.0 Å². The Hall–Kier alpha value is -2.14. The predicted molar refractivity (Wildman–Crippen MR) is 85.5 cm³/mol. The van der Waals surface area contributed by atoms with Gasteiger partial charge in [-0.1, -0.05) is 24.3 Å². The summed E-state index contributed by atoms with van der Waals surface area (Å²) in [7, 11) is 0. The van der Waals surface area contributed by atoms with Crippen LogP contribution in [0.3, 0.4) is 0 Å². The molecule has 0 aliphatic rings. The van der Waals surface area contributed by atoms with Crippen LogP contribution in [-0.4, -0.2) is 16.7 Å². The van der Waals surface area contributed by atoms with E-state index in [1.54, 1.807) is 11.3 Å². The normalized spacial score (nSPS) is 10.8. The van der Waals surface area contributed by atoms with Crippen molar-refractivity contribution in [3.05, 3.63) is 53.2 Å². The van der Waals surface area contributed by atoms with E-state index in [0.717, 1.165) is 11.4 Å². The zero-order valence-electron chi connectivity index (χ0n) is 12.1. The maximum Gasteiger partial charge on any atom is 0.257 e. The summed E-state index contributed by atoms with van der Waals surface area (Å²) in [6.07, 6.45) is 0. The average Bonchev–Trinajstić information content (AvgIpc) is 3.16. The van der Waals surface area contributed by atoms with E-state index in [9.17, 15) is 0 Å². The standard InChI is InChI=1S/C16H17N3OS/c1-3-19(13-8-5-4-7-12(13)2)11-15-17-18-16(20-15)14-9-6-10-21-14/h4-10H,3,11H2,1-2H3. The van der Waals surface area contributed by atoms with Gasteiger partial charge in [0.05, 0.1) is 11.4 Å². The van der Waals surface area contributed by atoms with Gasteiger partial charge in [-0.3, -0.25) is 0 Å². The number of aromatic nitrogens is 2. The Morgan fingerprint density at radius 2 is 2.00 bits per heavy atom. The van der Waals surface area contributed by atoms with Crippen molar-refractivity contribution in [1.29, 1.82) is 0 Å². The number of thiophene rings is 1. The molecule has 3 rings (SSSR count). The number of hydrogen-bond donors (Lipinski definition) is 0. The summed E-state index contributed by atoms with van der Waals surface area (Å²) in [6.45, 7) is 5.76. The highest BCUT2D eigenvalue weighted by molar-refractivity contribution is 7.13. The molecular weight excluding hydrogens is 282 g/mol. The Bertz CT molecular complexity index is 706. The molecule has 0 aliphatic carbocycles. The number of anilines is 1. The summed E-state index contributed by atoms with van der Waals surface area (Å²) in [5.41, 5.74) is 2.45. The Balaban J connectivity index is 1.80. The van der Waals surface area contributed by atoms with Gasteiger partial charge in [0.15, 0.2) is 0 Å². The van der Waals surface area contributed by atoms with Crippen LogP contribution in [0.5, 0.6) is 0 Å². The van der Waals surface area contributed by atoms with E-state index in [2.05, 4.69) is 47.1 Å². The summed E-state index contributed by atoms with van der Waals surface area (Å²) in [5.74, 6) is 1.24. The molecule has 4 nitrogen and oxygen atoms in total. The minimum Gasteiger partial charge on any atom is -0.418 e. The van der Waals surface area contributed by atoms with Gasteiger partial charge >= 0.3 is 0 Å². The molecule has 0 unspecified atom stereocenters. The van der Waals surface area contributed by atoms with Gasteiger partial charge in [-0.15, -0.1) is 21.5 Å². The zero-order chi connectivity index (χ0) is 14.7. The molecule has 0 spiro atoms. The SMILES string of the molecule is CCN(Cc1nnc(-c2cccs2)o1)c1ccccc1C. The first-order chi connectivity index (χ1) is 10.3. The molecule has 108 valence electrons. The van der Waals surface area contributed by atoms with Gasteiger partial charge < -0.3 is 9.32 Å². The van der Waals surface area contributed by atoms with Crippen LogP contribution in [-0.2, 0) is 6.54 Å². The van der Waals surface area contributed by atoms with Crippen molar-refractivity contribution in [3.8, 4) is 10.8 Å². The van der Waals surface area contributed by atoms with E-state index in [0.29, 0.717) is 18.3 Å². The second-order valence-corrected chi connectivity index (χ2v) is 5.73. The first kappa shape index (κ1) is 13.8. The van der Waals surface area contributed by atoms with Crippen LogP contribution >= 0.6 is 11.3 Å². The maximum atomic E-state index is 5.77. The van der Waals surface area contributed by atoms with E-state index in [1.807, 2.05) is 23.6 Å². The van der Waals surface area contributed by atoms with E-state index < -0.39 is 0 Å². The second kappa shape index (κ2) is 6.10. The fourth-order valence-electron chi connectivity index (χ4n) is 2.27. The smallest absolute Gasteiger partial charge is 0.257 e. The van der Waals surface area contributed by atoms with Gasteiger partial charge in [0.25, 0.3) is 5.89 Å². The van der Waals surface area contributed by atoms with Crippen molar-refractivity contribution in [2.24, 2.45) is 0 Å². The monoisotopic (exact) mass is 299 g/mol. The van der Waals surface area contributed by atoms with Crippen LogP contribution in [0.15, 0.2) is 46.2 Å².